The number of thioether (sulfide) groups is 1. The van der Waals surface area contributed by atoms with Gasteiger partial charge in [0.25, 0.3) is 0 Å². The van der Waals surface area contributed by atoms with E-state index in [-0.39, 0.29) is 5.41 Å². The summed E-state index contributed by atoms with van der Waals surface area (Å²) in [4.78, 5) is 1.24. The third-order valence-corrected chi connectivity index (χ3v) is 3.57. The Bertz CT molecular complexity index is 535. The van der Waals surface area contributed by atoms with Crippen LogP contribution < -0.4 is 5.73 Å². The quantitative estimate of drug-likeness (QED) is 0.842. The van der Waals surface area contributed by atoms with Crippen LogP contribution in [-0.4, -0.2) is 16.0 Å². The zero-order chi connectivity index (χ0) is 13.3. The van der Waals surface area contributed by atoms with Gasteiger partial charge in [-0.15, -0.1) is 11.8 Å². The summed E-state index contributed by atoms with van der Waals surface area (Å²) in [5.74, 6) is 0.678. The molecule has 0 amide bonds. The van der Waals surface area contributed by atoms with E-state index in [0.717, 1.165) is 11.4 Å². The summed E-state index contributed by atoms with van der Waals surface area (Å²) in [6.07, 6.45) is 2.06. The number of anilines is 1. The van der Waals surface area contributed by atoms with Crippen LogP contribution in [0.2, 0.25) is 0 Å². The van der Waals surface area contributed by atoms with Gasteiger partial charge in [0, 0.05) is 16.4 Å². The SMILES string of the molecule is CSc1ccc(-n2nc(C(C)(C)C)cc2N)cc1. The maximum absolute atomic E-state index is 6.04. The minimum atomic E-state index is 0.0125. The zero-order valence-corrected chi connectivity index (χ0v) is 12.1. The van der Waals surface area contributed by atoms with Crippen molar-refractivity contribution in [2.75, 3.05) is 12.0 Å². The smallest absolute Gasteiger partial charge is 0.127 e. The molecule has 0 aliphatic heterocycles. The van der Waals surface area contributed by atoms with Crippen LogP contribution in [0.25, 0.3) is 5.69 Å². The number of nitrogen functional groups attached to an aromatic ring is 1. The Kier molecular flexibility index (Phi) is 3.39. The predicted molar refractivity (Wildman–Crippen MR) is 78.5 cm³/mol. The van der Waals surface area contributed by atoms with Crippen molar-refractivity contribution >= 4 is 17.6 Å². The highest BCUT2D eigenvalue weighted by atomic mass is 32.2. The molecule has 0 fully saturated rings. The van der Waals surface area contributed by atoms with Gasteiger partial charge in [-0.3, -0.25) is 0 Å². The third kappa shape index (κ3) is 2.53. The molecule has 96 valence electrons. The first-order valence-corrected chi connectivity index (χ1v) is 7.15. The van der Waals surface area contributed by atoms with E-state index in [2.05, 4.69) is 44.3 Å². The van der Waals surface area contributed by atoms with Crippen LogP contribution in [0.15, 0.2) is 35.2 Å². The lowest BCUT2D eigenvalue weighted by atomic mass is 9.92. The average Bonchev–Trinajstić information content (AvgIpc) is 2.71. The Morgan fingerprint density at radius 3 is 2.22 bits per heavy atom. The molecular formula is C14H19N3S. The molecule has 2 aromatic rings. The largest absolute Gasteiger partial charge is 0.384 e. The normalized spacial score (nSPS) is 11.8. The van der Waals surface area contributed by atoms with E-state index < -0.39 is 0 Å². The zero-order valence-electron chi connectivity index (χ0n) is 11.3. The van der Waals surface area contributed by atoms with Crippen LogP contribution >= 0.6 is 11.8 Å². The third-order valence-electron chi connectivity index (χ3n) is 2.82. The summed E-state index contributed by atoms with van der Waals surface area (Å²) in [5, 5.41) is 4.59. The van der Waals surface area contributed by atoms with Crippen molar-refractivity contribution in [3.05, 3.63) is 36.0 Å². The lowest BCUT2D eigenvalue weighted by molar-refractivity contribution is 0.560. The highest BCUT2D eigenvalue weighted by molar-refractivity contribution is 7.98. The molecule has 0 aliphatic carbocycles. The molecule has 0 unspecified atom stereocenters. The fourth-order valence-electron chi connectivity index (χ4n) is 1.69. The lowest BCUT2D eigenvalue weighted by Crippen LogP contribution is -2.12. The van der Waals surface area contributed by atoms with E-state index >= 15 is 0 Å². The first kappa shape index (κ1) is 13.0. The van der Waals surface area contributed by atoms with Gasteiger partial charge in [0.1, 0.15) is 5.82 Å². The van der Waals surface area contributed by atoms with Crippen LogP contribution in [0.5, 0.6) is 0 Å². The number of nitrogens with two attached hydrogens (primary N) is 1. The Hall–Kier alpha value is -1.42. The van der Waals surface area contributed by atoms with Crippen molar-refractivity contribution in [1.82, 2.24) is 9.78 Å². The number of rotatable bonds is 2. The molecule has 3 nitrogen and oxygen atoms in total. The van der Waals surface area contributed by atoms with Crippen LogP contribution in [-0.2, 0) is 5.41 Å². The standard InChI is InChI=1S/C14H19N3S/c1-14(2,3)12-9-13(15)17(16-12)10-5-7-11(18-4)8-6-10/h5-9H,15H2,1-4H3. The average molecular weight is 261 g/mol. The van der Waals surface area contributed by atoms with Gasteiger partial charge in [0.15, 0.2) is 0 Å². The number of benzene rings is 1. The summed E-state index contributed by atoms with van der Waals surface area (Å²) in [6, 6.07) is 10.2. The van der Waals surface area contributed by atoms with Crippen LogP contribution in [0.1, 0.15) is 26.5 Å². The van der Waals surface area contributed by atoms with E-state index in [1.54, 1.807) is 16.4 Å². The minimum Gasteiger partial charge on any atom is -0.384 e. The van der Waals surface area contributed by atoms with Crippen molar-refractivity contribution < 1.29 is 0 Å². The fraction of sp³-hybridized carbons (Fsp3) is 0.357. The molecule has 4 heteroatoms. The highest BCUT2D eigenvalue weighted by Crippen LogP contribution is 2.25. The van der Waals surface area contributed by atoms with Gasteiger partial charge in [0.05, 0.1) is 11.4 Å². The molecule has 1 heterocycles. The molecule has 0 spiro atoms. The lowest BCUT2D eigenvalue weighted by Gasteiger charge is -2.14. The minimum absolute atomic E-state index is 0.0125. The molecule has 1 aromatic heterocycles. The van der Waals surface area contributed by atoms with Gasteiger partial charge in [-0.25, -0.2) is 4.68 Å². The summed E-state index contributed by atoms with van der Waals surface area (Å²) in [7, 11) is 0. The Labute approximate surface area is 112 Å². The van der Waals surface area contributed by atoms with Crippen molar-refractivity contribution in [2.24, 2.45) is 0 Å². The van der Waals surface area contributed by atoms with Crippen molar-refractivity contribution in [1.29, 1.82) is 0 Å². The van der Waals surface area contributed by atoms with Gasteiger partial charge in [-0.1, -0.05) is 20.8 Å². The van der Waals surface area contributed by atoms with E-state index in [9.17, 15) is 0 Å². The van der Waals surface area contributed by atoms with Gasteiger partial charge in [0.2, 0.25) is 0 Å². The van der Waals surface area contributed by atoms with Crippen molar-refractivity contribution in [3.8, 4) is 5.69 Å². The molecule has 0 saturated heterocycles. The van der Waals surface area contributed by atoms with Gasteiger partial charge in [-0.05, 0) is 30.5 Å². The first-order chi connectivity index (χ1) is 8.41. The maximum Gasteiger partial charge on any atom is 0.127 e. The van der Waals surface area contributed by atoms with Crippen molar-refractivity contribution in [2.45, 2.75) is 31.1 Å². The van der Waals surface area contributed by atoms with Crippen molar-refractivity contribution in [3.63, 3.8) is 0 Å². The van der Waals surface area contributed by atoms with Gasteiger partial charge < -0.3 is 5.73 Å². The molecule has 0 bridgehead atoms. The molecule has 0 radical (unpaired) electrons. The molecule has 1 aromatic carbocycles. The molecular weight excluding hydrogens is 242 g/mol. The first-order valence-electron chi connectivity index (χ1n) is 5.92. The highest BCUT2D eigenvalue weighted by Gasteiger charge is 2.19. The molecule has 18 heavy (non-hydrogen) atoms. The Morgan fingerprint density at radius 1 is 1.17 bits per heavy atom. The van der Waals surface area contributed by atoms with E-state index in [1.807, 2.05) is 18.2 Å². The topological polar surface area (TPSA) is 43.8 Å². The number of nitrogens with zero attached hydrogens (tertiary/aromatic N) is 2. The van der Waals surface area contributed by atoms with Crippen LogP contribution in [0, 0.1) is 0 Å². The Morgan fingerprint density at radius 2 is 1.78 bits per heavy atom. The molecule has 0 saturated carbocycles. The predicted octanol–water partition coefficient (Wildman–Crippen LogP) is 3.47. The second-order valence-corrected chi connectivity index (χ2v) is 6.19. The van der Waals surface area contributed by atoms with E-state index in [1.165, 1.54) is 4.90 Å². The van der Waals surface area contributed by atoms with Gasteiger partial charge in [-0.2, -0.15) is 5.10 Å². The van der Waals surface area contributed by atoms with Gasteiger partial charge >= 0.3 is 0 Å². The Balaban J connectivity index is 2.41. The molecule has 2 N–H and O–H groups in total. The number of hydrogen-bond acceptors (Lipinski definition) is 3. The van der Waals surface area contributed by atoms with E-state index in [0.29, 0.717) is 5.82 Å². The molecule has 0 atom stereocenters. The number of hydrogen-bond donors (Lipinski definition) is 1. The fourth-order valence-corrected chi connectivity index (χ4v) is 2.10. The maximum atomic E-state index is 6.04. The van der Waals surface area contributed by atoms with Crippen LogP contribution in [0.3, 0.4) is 0 Å². The summed E-state index contributed by atoms with van der Waals surface area (Å²) in [6.45, 7) is 6.40. The second kappa shape index (κ2) is 4.69. The second-order valence-electron chi connectivity index (χ2n) is 5.31. The summed E-state index contributed by atoms with van der Waals surface area (Å²) < 4.78 is 1.80. The van der Waals surface area contributed by atoms with Crippen LogP contribution in [0.4, 0.5) is 5.82 Å². The monoisotopic (exact) mass is 261 g/mol. The number of aromatic nitrogens is 2. The summed E-state index contributed by atoms with van der Waals surface area (Å²) >= 11 is 1.73. The molecule has 2 rings (SSSR count). The summed E-state index contributed by atoms with van der Waals surface area (Å²) in [5.41, 5.74) is 8.06. The molecule has 0 aliphatic rings. The van der Waals surface area contributed by atoms with E-state index in [4.69, 9.17) is 5.73 Å².